The van der Waals surface area contributed by atoms with Gasteiger partial charge in [0, 0.05) is 6.04 Å². The lowest BCUT2D eigenvalue weighted by Gasteiger charge is -2.32. The Morgan fingerprint density at radius 3 is 2.61 bits per heavy atom. The molecule has 1 fully saturated rings. The maximum Gasteiger partial charge on any atom is 0.241 e. The van der Waals surface area contributed by atoms with Gasteiger partial charge in [-0.2, -0.15) is 0 Å². The van der Waals surface area contributed by atoms with Crippen LogP contribution in [-0.2, 0) is 16.4 Å². The van der Waals surface area contributed by atoms with Crippen LogP contribution in [0.25, 0.3) is 0 Å². The molecule has 1 saturated carbocycles. The Kier molecular flexibility index (Phi) is 6.06. The molecule has 5 nitrogen and oxygen atoms in total. The van der Waals surface area contributed by atoms with Crippen molar-refractivity contribution < 1.29 is 13.2 Å². The number of methoxy groups -OCH3 is 1. The van der Waals surface area contributed by atoms with Gasteiger partial charge in [-0.25, -0.2) is 13.6 Å². The molecule has 130 valence electrons. The van der Waals surface area contributed by atoms with Crippen LogP contribution in [0.3, 0.4) is 0 Å². The Bertz CT molecular complexity index is 631. The SMILES string of the molecule is COc1ccc(CCNC2CCC(C)C(C)C2)cc1S(N)(=O)=O. The van der Waals surface area contributed by atoms with Crippen LogP contribution >= 0.6 is 0 Å². The number of rotatable bonds is 6. The lowest BCUT2D eigenvalue weighted by atomic mass is 9.79. The first-order chi connectivity index (χ1) is 10.8. The van der Waals surface area contributed by atoms with E-state index in [1.165, 1.54) is 26.4 Å². The van der Waals surface area contributed by atoms with Gasteiger partial charge in [0.15, 0.2) is 0 Å². The third kappa shape index (κ3) is 4.93. The number of hydrogen-bond donors (Lipinski definition) is 2. The average Bonchev–Trinajstić information content (AvgIpc) is 2.50. The predicted molar refractivity (Wildman–Crippen MR) is 92.0 cm³/mol. The summed E-state index contributed by atoms with van der Waals surface area (Å²) in [7, 11) is -2.33. The van der Waals surface area contributed by atoms with Crippen LogP contribution in [0.2, 0.25) is 0 Å². The number of sulfonamides is 1. The minimum atomic E-state index is -3.77. The summed E-state index contributed by atoms with van der Waals surface area (Å²) in [5.41, 5.74) is 0.944. The molecule has 0 aromatic heterocycles. The highest BCUT2D eigenvalue weighted by atomic mass is 32.2. The van der Waals surface area contributed by atoms with Crippen molar-refractivity contribution in [3.05, 3.63) is 23.8 Å². The summed E-state index contributed by atoms with van der Waals surface area (Å²) in [5, 5.41) is 8.85. The highest BCUT2D eigenvalue weighted by Crippen LogP contribution is 2.29. The fourth-order valence-corrected chi connectivity index (χ4v) is 4.00. The van der Waals surface area contributed by atoms with E-state index in [2.05, 4.69) is 19.2 Å². The van der Waals surface area contributed by atoms with Crippen molar-refractivity contribution >= 4 is 10.0 Å². The zero-order valence-electron chi connectivity index (χ0n) is 14.2. The van der Waals surface area contributed by atoms with E-state index in [0.717, 1.165) is 30.4 Å². The van der Waals surface area contributed by atoms with E-state index >= 15 is 0 Å². The first-order valence-corrected chi connectivity index (χ1v) is 9.79. The van der Waals surface area contributed by atoms with Crippen molar-refractivity contribution in [1.29, 1.82) is 0 Å². The molecule has 6 heteroatoms. The molecular weight excluding hydrogens is 312 g/mol. The fraction of sp³-hybridized carbons (Fsp3) is 0.647. The molecule has 3 N–H and O–H groups in total. The lowest BCUT2D eigenvalue weighted by Crippen LogP contribution is -2.37. The third-order valence-electron chi connectivity index (χ3n) is 4.98. The minimum absolute atomic E-state index is 0.0533. The van der Waals surface area contributed by atoms with Crippen LogP contribution in [0.5, 0.6) is 5.75 Å². The molecule has 2 rings (SSSR count). The largest absolute Gasteiger partial charge is 0.495 e. The average molecular weight is 340 g/mol. The number of primary sulfonamides is 1. The molecular formula is C17H28N2O3S. The Morgan fingerprint density at radius 1 is 1.26 bits per heavy atom. The van der Waals surface area contributed by atoms with Crippen LogP contribution in [0.4, 0.5) is 0 Å². The van der Waals surface area contributed by atoms with E-state index in [1.807, 2.05) is 6.07 Å². The molecule has 0 bridgehead atoms. The molecule has 0 heterocycles. The number of hydrogen-bond acceptors (Lipinski definition) is 4. The van der Waals surface area contributed by atoms with Gasteiger partial charge in [0.1, 0.15) is 10.6 Å². The summed E-state index contributed by atoms with van der Waals surface area (Å²) >= 11 is 0. The van der Waals surface area contributed by atoms with Gasteiger partial charge in [-0.15, -0.1) is 0 Å². The molecule has 0 spiro atoms. The van der Waals surface area contributed by atoms with Gasteiger partial charge in [0.25, 0.3) is 0 Å². The molecule has 0 aliphatic heterocycles. The summed E-state index contributed by atoms with van der Waals surface area (Å²) in [5.74, 6) is 1.86. The van der Waals surface area contributed by atoms with Gasteiger partial charge in [-0.05, 0) is 61.8 Å². The van der Waals surface area contributed by atoms with Crippen LogP contribution in [0.1, 0.15) is 38.7 Å². The maximum absolute atomic E-state index is 11.6. The van der Waals surface area contributed by atoms with Crippen molar-refractivity contribution in [2.24, 2.45) is 17.0 Å². The standard InChI is InChI=1S/C17H28N2O3S/c1-12-4-6-15(10-13(12)2)19-9-8-14-5-7-16(22-3)17(11-14)23(18,20)21/h5,7,11-13,15,19H,4,6,8-10H2,1-3H3,(H2,18,20,21). The first-order valence-electron chi connectivity index (χ1n) is 8.24. The molecule has 0 saturated heterocycles. The molecule has 1 aromatic carbocycles. The number of benzene rings is 1. The van der Waals surface area contributed by atoms with Gasteiger partial charge in [-0.3, -0.25) is 0 Å². The van der Waals surface area contributed by atoms with Crippen molar-refractivity contribution in [3.63, 3.8) is 0 Å². The molecule has 0 radical (unpaired) electrons. The van der Waals surface area contributed by atoms with E-state index in [4.69, 9.17) is 9.88 Å². The van der Waals surface area contributed by atoms with Crippen molar-refractivity contribution in [1.82, 2.24) is 5.32 Å². The smallest absolute Gasteiger partial charge is 0.241 e. The van der Waals surface area contributed by atoms with E-state index in [-0.39, 0.29) is 4.90 Å². The monoisotopic (exact) mass is 340 g/mol. The minimum Gasteiger partial charge on any atom is -0.495 e. The van der Waals surface area contributed by atoms with Crippen LogP contribution in [0.15, 0.2) is 23.1 Å². The molecule has 1 aliphatic rings. The van der Waals surface area contributed by atoms with E-state index < -0.39 is 10.0 Å². The maximum atomic E-state index is 11.6. The molecule has 0 amide bonds. The first kappa shape index (κ1) is 18.2. The summed E-state index contributed by atoms with van der Waals surface area (Å²) < 4.78 is 28.3. The van der Waals surface area contributed by atoms with Crippen LogP contribution in [0, 0.1) is 11.8 Å². The van der Waals surface area contributed by atoms with Crippen molar-refractivity contribution in [3.8, 4) is 5.75 Å². The van der Waals surface area contributed by atoms with E-state index in [9.17, 15) is 8.42 Å². The molecule has 1 aromatic rings. The van der Waals surface area contributed by atoms with E-state index in [1.54, 1.807) is 12.1 Å². The summed E-state index contributed by atoms with van der Waals surface area (Å²) in [6, 6.07) is 5.74. The Balaban J connectivity index is 1.94. The molecule has 1 aliphatic carbocycles. The molecule has 3 atom stereocenters. The van der Waals surface area contributed by atoms with Gasteiger partial charge in [0.2, 0.25) is 10.0 Å². The fourth-order valence-electron chi connectivity index (χ4n) is 3.25. The molecule has 23 heavy (non-hydrogen) atoms. The zero-order valence-corrected chi connectivity index (χ0v) is 15.0. The van der Waals surface area contributed by atoms with Crippen molar-refractivity contribution in [2.45, 2.75) is 50.5 Å². The van der Waals surface area contributed by atoms with Gasteiger partial charge < -0.3 is 10.1 Å². The Hall–Kier alpha value is -1.11. The topological polar surface area (TPSA) is 81.4 Å². The second-order valence-corrected chi connectivity index (χ2v) is 8.23. The summed E-state index contributed by atoms with van der Waals surface area (Å²) in [6.45, 7) is 5.48. The quantitative estimate of drug-likeness (QED) is 0.832. The number of nitrogens with one attached hydrogen (secondary N) is 1. The third-order valence-corrected chi connectivity index (χ3v) is 5.91. The second-order valence-electron chi connectivity index (χ2n) is 6.70. The van der Waals surface area contributed by atoms with Gasteiger partial charge >= 0.3 is 0 Å². The van der Waals surface area contributed by atoms with Gasteiger partial charge in [-0.1, -0.05) is 19.9 Å². The highest BCUT2D eigenvalue weighted by molar-refractivity contribution is 7.89. The van der Waals surface area contributed by atoms with E-state index in [0.29, 0.717) is 11.8 Å². The van der Waals surface area contributed by atoms with Crippen molar-refractivity contribution in [2.75, 3.05) is 13.7 Å². The normalized spacial score (nSPS) is 25.3. The summed E-state index contributed by atoms with van der Waals surface area (Å²) in [6.07, 6.45) is 4.48. The Morgan fingerprint density at radius 2 is 2.00 bits per heavy atom. The van der Waals surface area contributed by atoms with Crippen LogP contribution in [-0.4, -0.2) is 28.1 Å². The van der Waals surface area contributed by atoms with Crippen LogP contribution < -0.4 is 15.2 Å². The highest BCUT2D eigenvalue weighted by Gasteiger charge is 2.24. The lowest BCUT2D eigenvalue weighted by molar-refractivity contribution is 0.227. The zero-order chi connectivity index (χ0) is 17.0. The predicted octanol–water partition coefficient (Wildman–Crippen LogP) is 2.30. The molecule has 3 unspecified atom stereocenters. The van der Waals surface area contributed by atoms with Gasteiger partial charge in [0.05, 0.1) is 7.11 Å². The number of nitrogens with two attached hydrogens (primary N) is 1. The number of ether oxygens (including phenoxy) is 1. The Labute approximate surface area is 139 Å². The summed E-state index contributed by atoms with van der Waals surface area (Å²) in [4.78, 5) is 0.0533. The second kappa shape index (κ2) is 7.64.